The van der Waals surface area contributed by atoms with Crippen LogP contribution in [0.4, 0.5) is 0 Å². The zero-order valence-electron chi connectivity index (χ0n) is 13.4. The normalized spacial score (nSPS) is 17.2. The summed E-state index contributed by atoms with van der Waals surface area (Å²) in [5, 5.41) is 22.9. The van der Waals surface area contributed by atoms with Crippen molar-refractivity contribution in [1.82, 2.24) is 5.32 Å². The third-order valence-electron chi connectivity index (χ3n) is 3.49. The molecule has 2 rings (SSSR count). The van der Waals surface area contributed by atoms with E-state index in [-0.39, 0.29) is 24.0 Å². The molecule has 1 aliphatic rings. The number of carbonyl (C=O) groups excluding carboxylic acids is 1. The summed E-state index contributed by atoms with van der Waals surface area (Å²) < 4.78 is 5.62. The van der Waals surface area contributed by atoms with E-state index in [0.29, 0.717) is 26.6 Å². The maximum atomic E-state index is 12.1. The molecule has 1 aliphatic heterocycles. The summed E-state index contributed by atoms with van der Waals surface area (Å²) in [4.78, 5) is 12.1. The molecule has 1 atom stereocenters. The molecule has 0 radical (unpaired) electrons. The average molecular weight is 409 g/mol. The van der Waals surface area contributed by atoms with Crippen LogP contribution in [0.15, 0.2) is 39.4 Å². The van der Waals surface area contributed by atoms with E-state index in [1.807, 2.05) is 6.92 Å². The number of aromatic hydroxyl groups is 1. The number of hydrogen-bond donors (Lipinski definition) is 2. The molecule has 7 heteroatoms. The van der Waals surface area contributed by atoms with Crippen molar-refractivity contribution in [2.45, 2.75) is 19.3 Å². The van der Waals surface area contributed by atoms with Gasteiger partial charge in [0.2, 0.25) is 5.91 Å². The van der Waals surface area contributed by atoms with Crippen LogP contribution in [0.1, 0.15) is 24.8 Å². The SMILES string of the molecule is C=C(C)CSC1=C(C#N)[C@@H](c2cc(Br)c(O)c(OC)c2)CC(=O)N1. The van der Waals surface area contributed by atoms with E-state index in [0.717, 1.165) is 11.1 Å². The van der Waals surface area contributed by atoms with Gasteiger partial charge in [0.25, 0.3) is 0 Å². The summed E-state index contributed by atoms with van der Waals surface area (Å²) in [5.41, 5.74) is 2.19. The molecular formula is C17H17BrN2O3S. The molecule has 1 aromatic carbocycles. The highest BCUT2D eigenvalue weighted by Gasteiger charge is 2.30. The lowest BCUT2D eigenvalue weighted by Crippen LogP contribution is -2.31. The topological polar surface area (TPSA) is 82.3 Å². The molecule has 1 aromatic rings. The Hall–Kier alpha value is -1.91. The van der Waals surface area contributed by atoms with Gasteiger partial charge in [-0.1, -0.05) is 12.2 Å². The molecule has 1 amide bonds. The van der Waals surface area contributed by atoms with Gasteiger partial charge < -0.3 is 15.2 Å². The van der Waals surface area contributed by atoms with Crippen molar-refractivity contribution in [1.29, 1.82) is 5.26 Å². The largest absolute Gasteiger partial charge is 0.503 e. The highest BCUT2D eigenvalue weighted by atomic mass is 79.9. The molecule has 0 saturated carbocycles. The third kappa shape index (κ3) is 3.94. The van der Waals surface area contributed by atoms with E-state index in [1.165, 1.54) is 18.9 Å². The molecule has 0 aromatic heterocycles. The minimum atomic E-state index is -0.387. The highest BCUT2D eigenvalue weighted by molar-refractivity contribution is 9.10. The van der Waals surface area contributed by atoms with Crippen LogP contribution in [0, 0.1) is 11.3 Å². The Morgan fingerprint density at radius 3 is 2.92 bits per heavy atom. The number of amides is 1. The zero-order chi connectivity index (χ0) is 17.9. The molecule has 5 nitrogen and oxygen atoms in total. The second kappa shape index (κ2) is 7.77. The maximum absolute atomic E-state index is 12.1. The van der Waals surface area contributed by atoms with Crippen LogP contribution in [0.5, 0.6) is 11.5 Å². The van der Waals surface area contributed by atoms with Gasteiger partial charge in [0, 0.05) is 18.1 Å². The monoisotopic (exact) mass is 408 g/mol. The van der Waals surface area contributed by atoms with Gasteiger partial charge in [0.15, 0.2) is 11.5 Å². The highest BCUT2D eigenvalue weighted by Crippen LogP contribution is 2.42. The lowest BCUT2D eigenvalue weighted by Gasteiger charge is -2.25. The number of thioether (sulfide) groups is 1. The van der Waals surface area contributed by atoms with E-state index in [4.69, 9.17) is 4.74 Å². The van der Waals surface area contributed by atoms with Gasteiger partial charge in [-0.25, -0.2) is 0 Å². The Labute approximate surface area is 153 Å². The van der Waals surface area contributed by atoms with Crippen molar-refractivity contribution in [3.8, 4) is 17.6 Å². The first-order valence-corrected chi connectivity index (χ1v) is 8.93. The predicted octanol–water partition coefficient (Wildman–Crippen LogP) is 3.81. The Balaban J connectivity index is 2.49. The van der Waals surface area contributed by atoms with Crippen molar-refractivity contribution in [3.63, 3.8) is 0 Å². The number of benzene rings is 1. The first kappa shape index (κ1) is 18.4. The van der Waals surface area contributed by atoms with Gasteiger partial charge in [0.05, 0.1) is 28.3 Å². The Morgan fingerprint density at radius 1 is 1.62 bits per heavy atom. The number of carbonyl (C=O) groups is 1. The predicted molar refractivity (Wildman–Crippen MR) is 97.8 cm³/mol. The maximum Gasteiger partial charge on any atom is 0.225 e. The van der Waals surface area contributed by atoms with Gasteiger partial charge in [-0.05, 0) is 40.5 Å². The number of methoxy groups -OCH3 is 1. The summed E-state index contributed by atoms with van der Waals surface area (Å²) in [6, 6.07) is 5.58. The number of nitrogens with zero attached hydrogens (tertiary/aromatic N) is 1. The Kier molecular flexibility index (Phi) is 5.97. The molecule has 24 heavy (non-hydrogen) atoms. The summed E-state index contributed by atoms with van der Waals surface area (Å²) >= 11 is 4.67. The van der Waals surface area contributed by atoms with Crippen LogP contribution in [-0.2, 0) is 4.79 Å². The van der Waals surface area contributed by atoms with Crippen LogP contribution >= 0.6 is 27.7 Å². The first-order chi connectivity index (χ1) is 11.4. The average Bonchev–Trinajstić information content (AvgIpc) is 2.54. The van der Waals surface area contributed by atoms with E-state index in [9.17, 15) is 15.2 Å². The van der Waals surface area contributed by atoms with Crippen molar-refractivity contribution in [2.24, 2.45) is 0 Å². The molecule has 1 heterocycles. The van der Waals surface area contributed by atoms with Crippen LogP contribution in [0.3, 0.4) is 0 Å². The fourth-order valence-electron chi connectivity index (χ4n) is 2.36. The lowest BCUT2D eigenvalue weighted by molar-refractivity contribution is -0.120. The summed E-state index contributed by atoms with van der Waals surface area (Å²) in [6.45, 7) is 5.73. The molecular weight excluding hydrogens is 392 g/mol. The molecule has 2 N–H and O–H groups in total. The minimum Gasteiger partial charge on any atom is -0.503 e. The van der Waals surface area contributed by atoms with Crippen LogP contribution in [-0.4, -0.2) is 23.9 Å². The van der Waals surface area contributed by atoms with Gasteiger partial charge >= 0.3 is 0 Å². The quantitative estimate of drug-likeness (QED) is 0.723. The first-order valence-electron chi connectivity index (χ1n) is 7.15. The second-order valence-electron chi connectivity index (χ2n) is 5.46. The van der Waals surface area contributed by atoms with E-state index in [1.54, 1.807) is 12.1 Å². The number of hydrogen-bond acceptors (Lipinski definition) is 5. The van der Waals surface area contributed by atoms with Crippen LogP contribution in [0.25, 0.3) is 0 Å². The lowest BCUT2D eigenvalue weighted by atomic mass is 9.87. The number of phenolic OH excluding ortho intramolecular Hbond substituents is 1. The number of halogens is 1. The number of nitrogens with one attached hydrogen (secondary N) is 1. The van der Waals surface area contributed by atoms with Gasteiger partial charge in [-0.3, -0.25) is 4.79 Å². The number of allylic oxidation sites excluding steroid dienone is 1. The summed E-state index contributed by atoms with van der Waals surface area (Å²) in [5.74, 6) is 0.365. The minimum absolute atomic E-state index is 0.0131. The molecule has 0 fully saturated rings. The molecule has 0 aliphatic carbocycles. The molecule has 0 spiro atoms. The number of ether oxygens (including phenoxy) is 1. The van der Waals surface area contributed by atoms with Crippen molar-refractivity contribution >= 4 is 33.6 Å². The molecule has 0 saturated heterocycles. The van der Waals surface area contributed by atoms with Gasteiger partial charge in [0.1, 0.15) is 0 Å². The zero-order valence-corrected chi connectivity index (χ0v) is 15.8. The van der Waals surface area contributed by atoms with Crippen molar-refractivity contribution in [2.75, 3.05) is 12.9 Å². The summed E-state index contributed by atoms with van der Waals surface area (Å²) in [7, 11) is 1.45. The second-order valence-corrected chi connectivity index (χ2v) is 7.30. The number of rotatable bonds is 5. The number of phenols is 1. The molecule has 0 unspecified atom stereocenters. The fraction of sp³-hybridized carbons (Fsp3) is 0.294. The van der Waals surface area contributed by atoms with Crippen LogP contribution < -0.4 is 10.1 Å². The standard InChI is InChI=1S/C17H17BrN2O3S/c1-9(2)8-24-17-12(7-19)11(6-15(21)20-17)10-4-13(18)16(22)14(5-10)23-3/h4-5,11,22H,1,6,8H2,2-3H3,(H,20,21)/t11-/m1/s1. The fourth-order valence-corrected chi connectivity index (χ4v) is 3.74. The van der Waals surface area contributed by atoms with Gasteiger partial charge in [-0.2, -0.15) is 5.26 Å². The van der Waals surface area contributed by atoms with Gasteiger partial charge in [-0.15, -0.1) is 11.8 Å². The van der Waals surface area contributed by atoms with E-state index < -0.39 is 0 Å². The number of nitriles is 1. The van der Waals surface area contributed by atoms with Crippen molar-refractivity contribution in [3.05, 3.63) is 44.9 Å². The molecule has 126 valence electrons. The van der Waals surface area contributed by atoms with E-state index >= 15 is 0 Å². The smallest absolute Gasteiger partial charge is 0.225 e. The summed E-state index contributed by atoms with van der Waals surface area (Å²) in [6.07, 6.45) is 0.167. The van der Waals surface area contributed by atoms with Crippen LogP contribution in [0.2, 0.25) is 0 Å². The van der Waals surface area contributed by atoms with Crippen molar-refractivity contribution < 1.29 is 14.6 Å². The Bertz CT molecular complexity index is 768. The Morgan fingerprint density at radius 2 is 2.33 bits per heavy atom. The third-order valence-corrected chi connectivity index (χ3v) is 5.34. The van der Waals surface area contributed by atoms with E-state index in [2.05, 4.69) is 33.9 Å². The molecule has 0 bridgehead atoms.